The average molecular weight is 413 g/mol. The smallest absolute Gasteiger partial charge is 0.283 e. The summed E-state index contributed by atoms with van der Waals surface area (Å²) in [5, 5.41) is 10.9. The second-order valence-electron chi connectivity index (χ2n) is 6.25. The summed E-state index contributed by atoms with van der Waals surface area (Å²) < 4.78 is 16.2. The number of carbonyl (C=O) groups is 1. The highest BCUT2D eigenvalue weighted by atomic mass is 35.5. The predicted octanol–water partition coefficient (Wildman–Crippen LogP) is 2.47. The molecular formula is C19H14ClFN6O2. The zero-order valence-electron chi connectivity index (χ0n) is 14.9. The van der Waals surface area contributed by atoms with Crippen molar-refractivity contribution in [1.82, 2.24) is 24.5 Å². The maximum atomic E-state index is 13.7. The van der Waals surface area contributed by atoms with Crippen LogP contribution in [0.5, 0.6) is 0 Å². The van der Waals surface area contributed by atoms with E-state index in [2.05, 4.69) is 20.6 Å². The van der Waals surface area contributed by atoms with Crippen LogP contribution in [0.25, 0.3) is 11.2 Å². The van der Waals surface area contributed by atoms with Gasteiger partial charge in [-0.25, -0.2) is 14.1 Å². The molecule has 0 bridgehead atoms. The SMILES string of the molecule is O=C(Cn1cnc2c(nnn2Cc2ccc(Cl)cc2)c1=O)Nc1ccccc1F. The largest absolute Gasteiger partial charge is 0.322 e. The number of hydrogen-bond acceptors (Lipinski definition) is 5. The van der Waals surface area contributed by atoms with Crippen LogP contribution < -0.4 is 10.9 Å². The summed E-state index contributed by atoms with van der Waals surface area (Å²) in [5.41, 5.74) is 0.779. The molecule has 2 aromatic heterocycles. The molecule has 0 fully saturated rings. The highest BCUT2D eigenvalue weighted by Gasteiger charge is 2.15. The first-order valence-electron chi connectivity index (χ1n) is 8.59. The van der Waals surface area contributed by atoms with Crippen molar-refractivity contribution in [2.45, 2.75) is 13.1 Å². The number of para-hydroxylation sites is 1. The van der Waals surface area contributed by atoms with E-state index in [4.69, 9.17) is 11.6 Å². The second-order valence-corrected chi connectivity index (χ2v) is 6.69. The third-order valence-corrected chi connectivity index (χ3v) is 4.45. The van der Waals surface area contributed by atoms with Gasteiger partial charge in [0.25, 0.3) is 5.56 Å². The molecule has 1 amide bonds. The fourth-order valence-corrected chi connectivity index (χ4v) is 2.90. The summed E-state index contributed by atoms with van der Waals surface area (Å²) in [7, 11) is 0. The Kier molecular flexibility index (Phi) is 5.05. The van der Waals surface area contributed by atoms with Gasteiger partial charge in [0.05, 0.1) is 12.2 Å². The van der Waals surface area contributed by atoms with Crippen molar-refractivity contribution >= 4 is 34.4 Å². The third kappa shape index (κ3) is 3.99. The topological polar surface area (TPSA) is 94.7 Å². The molecule has 10 heteroatoms. The Bertz CT molecular complexity index is 1250. The summed E-state index contributed by atoms with van der Waals surface area (Å²) in [4.78, 5) is 29.0. The number of fused-ring (bicyclic) bond motifs is 1. The molecule has 0 spiro atoms. The number of nitrogens with zero attached hydrogens (tertiary/aromatic N) is 5. The van der Waals surface area contributed by atoms with E-state index in [0.29, 0.717) is 17.2 Å². The Morgan fingerprint density at radius 1 is 1.14 bits per heavy atom. The fraction of sp³-hybridized carbons (Fsp3) is 0.105. The molecule has 0 atom stereocenters. The van der Waals surface area contributed by atoms with E-state index in [1.807, 2.05) is 12.1 Å². The lowest BCUT2D eigenvalue weighted by molar-refractivity contribution is -0.116. The summed E-state index contributed by atoms with van der Waals surface area (Å²) >= 11 is 5.88. The number of rotatable bonds is 5. The normalized spacial score (nSPS) is 11.0. The van der Waals surface area contributed by atoms with Gasteiger partial charge >= 0.3 is 0 Å². The fourth-order valence-electron chi connectivity index (χ4n) is 2.78. The van der Waals surface area contributed by atoms with Crippen molar-refractivity contribution < 1.29 is 9.18 Å². The number of benzene rings is 2. The Labute approximate surface area is 168 Å². The second kappa shape index (κ2) is 7.80. The summed E-state index contributed by atoms with van der Waals surface area (Å²) in [5.74, 6) is -1.13. The third-order valence-electron chi connectivity index (χ3n) is 4.20. The van der Waals surface area contributed by atoms with E-state index in [1.54, 1.807) is 18.2 Å². The molecule has 0 saturated carbocycles. The molecule has 0 aliphatic carbocycles. The van der Waals surface area contributed by atoms with Gasteiger partial charge in [-0.1, -0.05) is 41.1 Å². The molecule has 2 heterocycles. The monoisotopic (exact) mass is 412 g/mol. The number of carbonyl (C=O) groups excluding carboxylic acids is 1. The van der Waals surface area contributed by atoms with Crippen LogP contribution in [0.4, 0.5) is 10.1 Å². The minimum atomic E-state index is -0.563. The molecule has 2 aromatic carbocycles. The van der Waals surface area contributed by atoms with Crippen LogP contribution in [-0.4, -0.2) is 30.5 Å². The van der Waals surface area contributed by atoms with Crippen LogP contribution in [0.3, 0.4) is 0 Å². The summed E-state index contributed by atoms with van der Waals surface area (Å²) in [6, 6.07) is 13.0. The Morgan fingerprint density at radius 3 is 2.66 bits per heavy atom. The van der Waals surface area contributed by atoms with Gasteiger partial charge in [-0.05, 0) is 29.8 Å². The van der Waals surface area contributed by atoms with Crippen molar-refractivity contribution in [3.63, 3.8) is 0 Å². The van der Waals surface area contributed by atoms with Gasteiger partial charge in [0.1, 0.15) is 18.7 Å². The Morgan fingerprint density at radius 2 is 1.90 bits per heavy atom. The average Bonchev–Trinajstić information content (AvgIpc) is 3.11. The van der Waals surface area contributed by atoms with Crippen molar-refractivity contribution in [3.05, 3.63) is 81.6 Å². The van der Waals surface area contributed by atoms with E-state index in [9.17, 15) is 14.0 Å². The minimum Gasteiger partial charge on any atom is -0.322 e. The van der Waals surface area contributed by atoms with E-state index in [1.165, 1.54) is 29.2 Å². The molecule has 0 unspecified atom stereocenters. The maximum Gasteiger partial charge on any atom is 0.283 e. The molecule has 0 radical (unpaired) electrons. The van der Waals surface area contributed by atoms with Crippen molar-refractivity contribution in [3.8, 4) is 0 Å². The highest BCUT2D eigenvalue weighted by molar-refractivity contribution is 6.30. The Balaban J connectivity index is 1.55. The van der Waals surface area contributed by atoms with Crippen LogP contribution in [-0.2, 0) is 17.9 Å². The molecule has 0 aliphatic heterocycles. The van der Waals surface area contributed by atoms with Crippen LogP contribution in [0.1, 0.15) is 5.56 Å². The zero-order valence-corrected chi connectivity index (χ0v) is 15.7. The van der Waals surface area contributed by atoms with Crippen molar-refractivity contribution in [2.24, 2.45) is 0 Å². The first-order valence-corrected chi connectivity index (χ1v) is 8.96. The molecule has 146 valence electrons. The number of halogens is 2. The van der Waals surface area contributed by atoms with Crippen LogP contribution >= 0.6 is 11.6 Å². The van der Waals surface area contributed by atoms with E-state index >= 15 is 0 Å². The van der Waals surface area contributed by atoms with Crippen LogP contribution in [0.15, 0.2) is 59.7 Å². The maximum absolute atomic E-state index is 13.7. The van der Waals surface area contributed by atoms with Gasteiger partial charge in [0.2, 0.25) is 5.91 Å². The molecule has 0 aliphatic rings. The van der Waals surface area contributed by atoms with E-state index < -0.39 is 17.3 Å². The molecule has 8 nitrogen and oxygen atoms in total. The molecule has 29 heavy (non-hydrogen) atoms. The Hall–Kier alpha value is -3.59. The quantitative estimate of drug-likeness (QED) is 0.543. The summed E-state index contributed by atoms with van der Waals surface area (Å²) in [6.45, 7) is 0.0258. The van der Waals surface area contributed by atoms with Gasteiger partial charge in [-0.15, -0.1) is 5.10 Å². The van der Waals surface area contributed by atoms with E-state index in [-0.39, 0.29) is 17.7 Å². The number of amides is 1. The molecule has 1 N–H and O–H groups in total. The summed E-state index contributed by atoms with van der Waals surface area (Å²) in [6.07, 6.45) is 1.24. The number of anilines is 1. The van der Waals surface area contributed by atoms with Crippen LogP contribution in [0.2, 0.25) is 5.02 Å². The highest BCUT2D eigenvalue weighted by Crippen LogP contribution is 2.13. The molecular weight excluding hydrogens is 399 g/mol. The van der Waals surface area contributed by atoms with E-state index in [0.717, 1.165) is 10.1 Å². The van der Waals surface area contributed by atoms with Crippen molar-refractivity contribution in [1.29, 1.82) is 0 Å². The lowest BCUT2D eigenvalue weighted by Crippen LogP contribution is -2.28. The van der Waals surface area contributed by atoms with Gasteiger partial charge in [-0.3, -0.25) is 14.2 Å². The number of nitrogens with one attached hydrogen (secondary N) is 1. The van der Waals surface area contributed by atoms with Gasteiger partial charge in [0.15, 0.2) is 11.2 Å². The van der Waals surface area contributed by atoms with Crippen LogP contribution in [0, 0.1) is 5.82 Å². The van der Waals surface area contributed by atoms with Crippen molar-refractivity contribution in [2.75, 3.05) is 5.32 Å². The number of aromatic nitrogens is 5. The standard InChI is InChI=1S/C19H14ClFN6O2/c20-13-7-5-12(6-8-13)9-27-18-17(24-25-27)19(29)26(11-22-18)10-16(28)23-15-4-2-1-3-14(15)21/h1-8,11H,9-10H2,(H,23,28). The lowest BCUT2D eigenvalue weighted by Gasteiger charge is -2.08. The molecule has 4 aromatic rings. The molecule has 0 saturated heterocycles. The van der Waals surface area contributed by atoms with Gasteiger partial charge in [-0.2, -0.15) is 0 Å². The zero-order chi connectivity index (χ0) is 20.4. The van der Waals surface area contributed by atoms with Gasteiger partial charge < -0.3 is 5.32 Å². The first-order chi connectivity index (χ1) is 14.0. The first kappa shape index (κ1) is 18.8. The molecule has 4 rings (SSSR count). The minimum absolute atomic E-state index is 0.0356. The van der Waals surface area contributed by atoms with Gasteiger partial charge in [0, 0.05) is 5.02 Å². The lowest BCUT2D eigenvalue weighted by atomic mass is 10.2. The number of hydrogen-bond donors (Lipinski definition) is 1. The predicted molar refractivity (Wildman–Crippen MR) is 105 cm³/mol.